The zero-order valence-corrected chi connectivity index (χ0v) is 11.6. The number of aryl methyl sites for hydroxylation is 1. The molecule has 17 heavy (non-hydrogen) atoms. The van der Waals surface area contributed by atoms with Gasteiger partial charge in [-0.05, 0) is 35.8 Å². The van der Waals surface area contributed by atoms with Gasteiger partial charge in [-0.25, -0.2) is 0 Å². The number of hydrogen-bond donors (Lipinski definition) is 0. The Labute approximate surface area is 107 Å². The molecule has 0 aliphatic carbocycles. The van der Waals surface area contributed by atoms with Crippen LogP contribution in [0.15, 0.2) is 36.9 Å². The van der Waals surface area contributed by atoms with Gasteiger partial charge in [0.05, 0.1) is 0 Å². The molecule has 1 unspecified atom stereocenters. The van der Waals surface area contributed by atoms with Crippen molar-refractivity contribution in [1.82, 2.24) is 0 Å². The Morgan fingerprint density at radius 2 is 1.71 bits per heavy atom. The third-order valence-corrected chi connectivity index (χ3v) is 3.36. The maximum Gasteiger partial charge on any atom is -0.00131 e. The van der Waals surface area contributed by atoms with Crippen molar-refractivity contribution >= 4 is 0 Å². The normalized spacial score (nSPS) is 12.7. The Balaban J connectivity index is 2.38. The fourth-order valence-electron chi connectivity index (χ4n) is 2.01. The first-order chi connectivity index (χ1) is 8.13. The summed E-state index contributed by atoms with van der Waals surface area (Å²) < 4.78 is 0. The van der Waals surface area contributed by atoms with Crippen LogP contribution in [0.2, 0.25) is 0 Å². The van der Waals surface area contributed by atoms with Gasteiger partial charge in [-0.3, -0.25) is 0 Å². The first-order valence-electron chi connectivity index (χ1n) is 6.85. The molecule has 0 N–H and O–H groups in total. The highest BCUT2D eigenvalue weighted by molar-refractivity contribution is 5.27. The van der Waals surface area contributed by atoms with Gasteiger partial charge in [-0.15, -0.1) is 6.58 Å². The highest BCUT2D eigenvalue weighted by atomic mass is 14.1. The van der Waals surface area contributed by atoms with Gasteiger partial charge in [0.25, 0.3) is 0 Å². The molecule has 0 saturated heterocycles. The van der Waals surface area contributed by atoms with Crippen molar-refractivity contribution < 1.29 is 0 Å². The molecule has 0 aliphatic rings. The van der Waals surface area contributed by atoms with Crippen LogP contribution in [0.3, 0.4) is 0 Å². The average Bonchev–Trinajstić information content (AvgIpc) is 2.34. The van der Waals surface area contributed by atoms with E-state index in [4.69, 9.17) is 0 Å². The average molecular weight is 230 g/mol. The smallest absolute Gasteiger partial charge is 0.00131 e. The highest BCUT2D eigenvalue weighted by Crippen LogP contribution is 2.17. The molecule has 0 heterocycles. The van der Waals surface area contributed by atoms with Crippen LogP contribution in [0.1, 0.15) is 57.1 Å². The van der Waals surface area contributed by atoms with E-state index in [9.17, 15) is 0 Å². The molecule has 0 bridgehead atoms. The van der Waals surface area contributed by atoms with Gasteiger partial charge in [0.1, 0.15) is 0 Å². The fourth-order valence-corrected chi connectivity index (χ4v) is 2.01. The van der Waals surface area contributed by atoms with Crippen molar-refractivity contribution in [1.29, 1.82) is 0 Å². The van der Waals surface area contributed by atoms with Crippen molar-refractivity contribution in [3.8, 4) is 0 Å². The molecule has 0 spiro atoms. The van der Waals surface area contributed by atoms with Gasteiger partial charge in [0.15, 0.2) is 0 Å². The van der Waals surface area contributed by atoms with E-state index in [1.807, 2.05) is 6.08 Å². The monoisotopic (exact) mass is 230 g/mol. The largest absolute Gasteiger partial charge is 0.102 e. The first-order valence-corrected chi connectivity index (χ1v) is 6.85. The van der Waals surface area contributed by atoms with Gasteiger partial charge in [-0.2, -0.15) is 0 Å². The molecule has 0 heteroatoms. The predicted octanol–water partition coefficient (Wildman–Crippen LogP) is 5.34. The summed E-state index contributed by atoms with van der Waals surface area (Å²) in [7, 11) is 0. The van der Waals surface area contributed by atoms with E-state index >= 15 is 0 Å². The second-order valence-electron chi connectivity index (χ2n) is 5.41. The minimum Gasteiger partial charge on any atom is -0.102 e. The van der Waals surface area contributed by atoms with Crippen LogP contribution in [-0.2, 0) is 6.42 Å². The van der Waals surface area contributed by atoms with Crippen molar-refractivity contribution in [2.24, 2.45) is 5.92 Å². The standard InChI is InChI=1S/C17H26/c1-5-15(4)17-12-10-16(11-13-17)9-7-6-8-14(2)3/h5,10-15H,1,6-9H2,2-4H3. The Hall–Kier alpha value is -1.04. The summed E-state index contributed by atoms with van der Waals surface area (Å²) in [5.41, 5.74) is 2.83. The lowest BCUT2D eigenvalue weighted by Crippen LogP contribution is -1.92. The van der Waals surface area contributed by atoms with Crippen LogP contribution in [0.4, 0.5) is 0 Å². The van der Waals surface area contributed by atoms with Gasteiger partial charge >= 0.3 is 0 Å². The minimum absolute atomic E-state index is 0.463. The fraction of sp³-hybridized carbons (Fsp3) is 0.529. The second kappa shape index (κ2) is 7.32. The molecular formula is C17H26. The number of allylic oxidation sites excluding steroid dienone is 1. The molecular weight excluding hydrogens is 204 g/mol. The van der Waals surface area contributed by atoms with Crippen LogP contribution >= 0.6 is 0 Å². The second-order valence-corrected chi connectivity index (χ2v) is 5.41. The maximum atomic E-state index is 3.84. The lowest BCUT2D eigenvalue weighted by atomic mass is 9.98. The van der Waals surface area contributed by atoms with Gasteiger partial charge in [-0.1, -0.05) is 64.0 Å². The molecule has 94 valence electrons. The topological polar surface area (TPSA) is 0 Å². The molecule has 0 aromatic heterocycles. The van der Waals surface area contributed by atoms with Crippen molar-refractivity contribution in [2.75, 3.05) is 0 Å². The summed E-state index contributed by atoms with van der Waals surface area (Å²) >= 11 is 0. The lowest BCUT2D eigenvalue weighted by Gasteiger charge is -2.08. The molecule has 0 nitrogen and oxygen atoms in total. The van der Waals surface area contributed by atoms with E-state index in [-0.39, 0.29) is 0 Å². The van der Waals surface area contributed by atoms with Crippen LogP contribution < -0.4 is 0 Å². The van der Waals surface area contributed by atoms with Gasteiger partial charge < -0.3 is 0 Å². The predicted molar refractivity (Wildman–Crippen MR) is 77.4 cm³/mol. The van der Waals surface area contributed by atoms with Crippen molar-refractivity contribution in [3.05, 3.63) is 48.0 Å². The van der Waals surface area contributed by atoms with Crippen molar-refractivity contribution in [3.63, 3.8) is 0 Å². The van der Waals surface area contributed by atoms with E-state index in [1.165, 1.54) is 36.8 Å². The number of hydrogen-bond acceptors (Lipinski definition) is 0. The summed E-state index contributed by atoms with van der Waals surface area (Å²) in [5.74, 6) is 1.30. The Kier molecular flexibility index (Phi) is 6.04. The van der Waals surface area contributed by atoms with Crippen molar-refractivity contribution in [2.45, 2.75) is 52.4 Å². The van der Waals surface area contributed by atoms with Gasteiger partial charge in [0, 0.05) is 0 Å². The highest BCUT2D eigenvalue weighted by Gasteiger charge is 2.01. The maximum absolute atomic E-state index is 3.84. The quantitative estimate of drug-likeness (QED) is 0.438. The van der Waals surface area contributed by atoms with E-state index in [1.54, 1.807) is 0 Å². The third-order valence-electron chi connectivity index (χ3n) is 3.36. The number of unbranched alkanes of at least 4 members (excludes halogenated alkanes) is 1. The molecule has 1 atom stereocenters. The van der Waals surface area contributed by atoms with E-state index in [0.717, 1.165) is 5.92 Å². The minimum atomic E-state index is 0.463. The zero-order chi connectivity index (χ0) is 12.7. The molecule has 1 aromatic carbocycles. The molecule has 1 aromatic rings. The number of rotatable bonds is 7. The van der Waals surface area contributed by atoms with Crippen LogP contribution in [0.25, 0.3) is 0 Å². The van der Waals surface area contributed by atoms with Crippen LogP contribution in [0, 0.1) is 5.92 Å². The van der Waals surface area contributed by atoms with Gasteiger partial charge in [0.2, 0.25) is 0 Å². The summed E-state index contributed by atoms with van der Waals surface area (Å²) in [6.07, 6.45) is 7.23. The Morgan fingerprint density at radius 1 is 1.06 bits per heavy atom. The Bertz CT molecular complexity index is 318. The molecule has 0 aliphatic heterocycles. The SMILES string of the molecule is C=CC(C)c1ccc(CCCCC(C)C)cc1. The van der Waals surface area contributed by atoms with E-state index < -0.39 is 0 Å². The number of benzene rings is 1. The molecule has 1 rings (SSSR count). The summed E-state index contributed by atoms with van der Waals surface area (Å²) in [6.45, 7) is 10.6. The Morgan fingerprint density at radius 3 is 2.24 bits per heavy atom. The van der Waals surface area contributed by atoms with E-state index in [2.05, 4.69) is 51.6 Å². The van der Waals surface area contributed by atoms with Crippen LogP contribution in [-0.4, -0.2) is 0 Å². The zero-order valence-electron chi connectivity index (χ0n) is 11.6. The molecule has 0 fully saturated rings. The lowest BCUT2D eigenvalue weighted by molar-refractivity contribution is 0.538. The molecule has 0 radical (unpaired) electrons. The molecule has 0 saturated carbocycles. The molecule has 0 amide bonds. The first kappa shape index (κ1) is 14.0. The van der Waals surface area contributed by atoms with Crippen LogP contribution in [0.5, 0.6) is 0 Å². The third kappa shape index (κ3) is 5.21. The summed E-state index contributed by atoms with van der Waals surface area (Å²) in [5, 5.41) is 0. The summed E-state index contributed by atoms with van der Waals surface area (Å²) in [4.78, 5) is 0. The van der Waals surface area contributed by atoms with E-state index in [0.29, 0.717) is 5.92 Å². The summed E-state index contributed by atoms with van der Waals surface area (Å²) in [6, 6.07) is 9.02.